The molecular formula is C42H27ClO. The largest absolute Gasteiger partial charge is 0.459 e. The first-order valence-corrected chi connectivity index (χ1v) is 15.4. The molecule has 7 aromatic rings. The molecule has 1 spiro atoms. The van der Waals surface area contributed by atoms with Crippen molar-refractivity contribution in [2.75, 3.05) is 0 Å². The van der Waals surface area contributed by atoms with Crippen LogP contribution in [0.15, 0.2) is 138 Å². The van der Waals surface area contributed by atoms with E-state index in [1.807, 2.05) is 25.1 Å². The van der Waals surface area contributed by atoms with E-state index in [0.717, 1.165) is 27.8 Å². The molecule has 1 heterocycles. The fraction of sp³-hybridized carbons (Fsp3) is 0.0476. The van der Waals surface area contributed by atoms with E-state index in [2.05, 4.69) is 116 Å². The Balaban J connectivity index is 1.38. The summed E-state index contributed by atoms with van der Waals surface area (Å²) in [7, 11) is 0. The van der Waals surface area contributed by atoms with E-state index in [1.165, 1.54) is 55.3 Å². The molecule has 0 saturated carbocycles. The summed E-state index contributed by atoms with van der Waals surface area (Å²) in [5, 5.41) is 4.17. The van der Waals surface area contributed by atoms with Gasteiger partial charge in [-0.15, -0.1) is 0 Å². The molecular weight excluding hydrogens is 556 g/mol. The number of benzene rings is 6. The molecule has 208 valence electrons. The van der Waals surface area contributed by atoms with Crippen molar-refractivity contribution in [2.45, 2.75) is 12.3 Å². The average molecular weight is 583 g/mol. The predicted molar refractivity (Wildman–Crippen MR) is 184 cm³/mol. The topological polar surface area (TPSA) is 13.1 Å². The summed E-state index contributed by atoms with van der Waals surface area (Å²) < 4.78 is 6.11. The average Bonchev–Trinajstić information content (AvgIpc) is 3.66. The molecule has 0 aliphatic heterocycles. The molecule has 1 atom stereocenters. The van der Waals surface area contributed by atoms with E-state index >= 15 is 0 Å². The second-order valence-electron chi connectivity index (χ2n) is 11.8. The van der Waals surface area contributed by atoms with Crippen molar-refractivity contribution in [1.82, 2.24) is 0 Å². The Morgan fingerprint density at radius 3 is 2.14 bits per heavy atom. The molecule has 0 radical (unpaired) electrons. The molecule has 0 saturated heterocycles. The fourth-order valence-corrected chi connectivity index (χ4v) is 8.19. The van der Waals surface area contributed by atoms with Crippen LogP contribution in [-0.4, -0.2) is 0 Å². The second-order valence-corrected chi connectivity index (χ2v) is 12.2. The number of rotatable bonds is 3. The summed E-state index contributed by atoms with van der Waals surface area (Å²) in [6.07, 6.45) is 5.76. The van der Waals surface area contributed by atoms with E-state index in [-0.39, 0.29) is 0 Å². The third-order valence-corrected chi connectivity index (χ3v) is 9.95. The van der Waals surface area contributed by atoms with Gasteiger partial charge in [0.05, 0.1) is 10.4 Å². The molecule has 2 heteroatoms. The summed E-state index contributed by atoms with van der Waals surface area (Å²) >= 11 is 6.90. The molecule has 2 aliphatic carbocycles. The predicted octanol–water partition coefficient (Wildman–Crippen LogP) is 11.8. The van der Waals surface area contributed by atoms with Crippen molar-refractivity contribution in [3.63, 3.8) is 0 Å². The highest BCUT2D eigenvalue weighted by Crippen LogP contribution is 2.64. The van der Waals surface area contributed by atoms with Crippen molar-refractivity contribution in [2.24, 2.45) is 0 Å². The number of fused-ring (bicyclic) bond motifs is 13. The van der Waals surface area contributed by atoms with Gasteiger partial charge in [-0.05, 0) is 91.5 Å². The van der Waals surface area contributed by atoms with Gasteiger partial charge >= 0.3 is 0 Å². The van der Waals surface area contributed by atoms with Crippen LogP contribution in [-0.2, 0) is 5.41 Å². The molecule has 0 amide bonds. The van der Waals surface area contributed by atoms with Gasteiger partial charge in [-0.1, -0.05) is 133 Å². The molecule has 6 aromatic carbocycles. The molecule has 1 unspecified atom stereocenters. The minimum absolute atomic E-state index is 0.438. The molecule has 0 bridgehead atoms. The maximum absolute atomic E-state index is 6.90. The van der Waals surface area contributed by atoms with Crippen LogP contribution in [0.4, 0.5) is 0 Å². The molecule has 1 nitrogen and oxygen atoms in total. The number of hydrogen-bond donors (Lipinski definition) is 0. The van der Waals surface area contributed by atoms with Crippen LogP contribution in [0.1, 0.15) is 33.6 Å². The van der Waals surface area contributed by atoms with Gasteiger partial charge in [-0.3, -0.25) is 0 Å². The van der Waals surface area contributed by atoms with E-state index in [9.17, 15) is 0 Å². The Morgan fingerprint density at radius 2 is 1.34 bits per heavy atom. The van der Waals surface area contributed by atoms with Crippen molar-refractivity contribution >= 4 is 39.4 Å². The molecule has 44 heavy (non-hydrogen) atoms. The van der Waals surface area contributed by atoms with E-state index in [1.54, 1.807) is 6.08 Å². The quantitative estimate of drug-likeness (QED) is 0.189. The van der Waals surface area contributed by atoms with Crippen molar-refractivity contribution in [1.29, 1.82) is 0 Å². The first-order valence-electron chi connectivity index (χ1n) is 15.0. The summed E-state index contributed by atoms with van der Waals surface area (Å²) in [5.74, 6) is 0.839. The highest BCUT2D eigenvalue weighted by atomic mass is 35.5. The smallest absolute Gasteiger partial charge is 0.153 e. The molecule has 2 aliphatic rings. The fourth-order valence-electron chi connectivity index (χ4n) is 7.93. The number of hydrogen-bond acceptors (Lipinski definition) is 1. The monoisotopic (exact) mass is 582 g/mol. The summed E-state index contributed by atoms with van der Waals surface area (Å²) in [5.41, 5.74) is 14.0. The van der Waals surface area contributed by atoms with Crippen molar-refractivity contribution in [3.8, 4) is 33.4 Å². The Morgan fingerprint density at radius 1 is 0.659 bits per heavy atom. The minimum atomic E-state index is -0.438. The van der Waals surface area contributed by atoms with E-state index in [0.29, 0.717) is 10.6 Å². The standard InChI is InChI=1S/C42H27ClO/c1-3-4-12-29-25(2)44-41-35(29)22-28(24-39(41)43)27-19-20-33-31-14-7-9-16-36(31)42(38(33)23-27)37-17-10-8-15-32(37)34-21-18-26-11-5-6-13-30(26)40(34)42/h3-24H,1H2,2H3/b12-4-. The van der Waals surface area contributed by atoms with E-state index < -0.39 is 5.41 Å². The number of aryl methyl sites for hydroxylation is 1. The zero-order valence-corrected chi connectivity index (χ0v) is 25.0. The summed E-state index contributed by atoms with van der Waals surface area (Å²) in [6, 6.07) is 42.5. The third kappa shape index (κ3) is 3.20. The van der Waals surface area contributed by atoms with Crippen LogP contribution in [0.2, 0.25) is 5.02 Å². The van der Waals surface area contributed by atoms with Crippen LogP contribution in [0, 0.1) is 6.92 Å². The van der Waals surface area contributed by atoms with Gasteiger partial charge in [-0.2, -0.15) is 0 Å². The van der Waals surface area contributed by atoms with Crippen LogP contribution in [0.3, 0.4) is 0 Å². The van der Waals surface area contributed by atoms with Crippen LogP contribution < -0.4 is 0 Å². The van der Waals surface area contributed by atoms with Gasteiger partial charge in [0.15, 0.2) is 5.58 Å². The van der Waals surface area contributed by atoms with Crippen molar-refractivity contribution in [3.05, 3.63) is 173 Å². The number of furan rings is 1. The highest BCUT2D eigenvalue weighted by molar-refractivity contribution is 6.35. The SMILES string of the molecule is C=C/C=C\c1c(C)oc2c(Cl)cc(-c3ccc4c(c3)C3(c5ccccc5-4)c4ccccc4-c4ccc5ccccc5c43)cc12. The summed E-state index contributed by atoms with van der Waals surface area (Å²) in [6.45, 7) is 5.83. The second kappa shape index (κ2) is 9.19. The molecule has 0 fully saturated rings. The zero-order chi connectivity index (χ0) is 29.6. The van der Waals surface area contributed by atoms with Crippen LogP contribution >= 0.6 is 11.6 Å². The maximum Gasteiger partial charge on any atom is 0.153 e. The lowest BCUT2D eigenvalue weighted by Crippen LogP contribution is -2.26. The Kier molecular flexibility index (Phi) is 5.31. The Labute approximate surface area is 261 Å². The minimum Gasteiger partial charge on any atom is -0.459 e. The van der Waals surface area contributed by atoms with Gasteiger partial charge < -0.3 is 4.42 Å². The normalized spacial score (nSPS) is 16.0. The Bertz CT molecular complexity index is 2370. The van der Waals surface area contributed by atoms with Gasteiger partial charge in [0.2, 0.25) is 0 Å². The van der Waals surface area contributed by atoms with E-state index in [4.69, 9.17) is 16.0 Å². The van der Waals surface area contributed by atoms with Gasteiger partial charge in [-0.25, -0.2) is 0 Å². The van der Waals surface area contributed by atoms with Crippen LogP contribution in [0.5, 0.6) is 0 Å². The van der Waals surface area contributed by atoms with Gasteiger partial charge in [0, 0.05) is 10.9 Å². The molecule has 1 aromatic heterocycles. The van der Waals surface area contributed by atoms with Gasteiger partial charge in [0.1, 0.15) is 5.76 Å². The van der Waals surface area contributed by atoms with Crippen LogP contribution in [0.25, 0.3) is 61.2 Å². The molecule has 9 rings (SSSR count). The highest BCUT2D eigenvalue weighted by Gasteiger charge is 2.52. The van der Waals surface area contributed by atoms with Crippen molar-refractivity contribution < 1.29 is 4.42 Å². The lowest BCUT2D eigenvalue weighted by atomic mass is 9.69. The van der Waals surface area contributed by atoms with Gasteiger partial charge in [0.25, 0.3) is 0 Å². The number of allylic oxidation sites excluding steroid dienone is 2. The first-order chi connectivity index (χ1) is 21.6. The molecule has 0 N–H and O–H groups in total. The zero-order valence-electron chi connectivity index (χ0n) is 24.2. The Hall–Kier alpha value is -5.11. The lowest BCUT2D eigenvalue weighted by Gasteiger charge is -2.31. The third-order valence-electron chi connectivity index (χ3n) is 9.67. The maximum atomic E-state index is 6.90. The lowest BCUT2D eigenvalue weighted by molar-refractivity contribution is 0.577. The summed E-state index contributed by atoms with van der Waals surface area (Å²) in [4.78, 5) is 0. The number of halogens is 1. The first kappa shape index (κ1) is 25.4.